The molecule has 2 aliphatic heterocycles. The van der Waals surface area contributed by atoms with Crippen LogP contribution in [0.3, 0.4) is 0 Å². The summed E-state index contributed by atoms with van der Waals surface area (Å²) in [6.45, 7) is 6.97. The van der Waals surface area contributed by atoms with E-state index in [0.29, 0.717) is 18.8 Å². The van der Waals surface area contributed by atoms with Gasteiger partial charge in [0.2, 0.25) is 5.91 Å². The second-order valence-corrected chi connectivity index (χ2v) is 8.79. The summed E-state index contributed by atoms with van der Waals surface area (Å²) in [7, 11) is -2.85. The highest BCUT2D eigenvalue weighted by Crippen LogP contribution is 2.19. The minimum absolute atomic E-state index is 0.0786. The Morgan fingerprint density at radius 1 is 1.26 bits per heavy atom. The van der Waals surface area contributed by atoms with Crippen LogP contribution in [0.5, 0.6) is 0 Å². The van der Waals surface area contributed by atoms with E-state index in [4.69, 9.17) is 0 Å². The highest BCUT2D eigenvalue weighted by Gasteiger charge is 2.34. The summed E-state index contributed by atoms with van der Waals surface area (Å²) >= 11 is 0. The van der Waals surface area contributed by atoms with Crippen molar-refractivity contribution < 1.29 is 13.2 Å². The van der Waals surface area contributed by atoms with Gasteiger partial charge < -0.3 is 4.90 Å². The molecule has 0 radical (unpaired) electrons. The Balaban J connectivity index is 1.52. The fraction of sp³-hybridized carbons (Fsp3) is 0.733. The van der Waals surface area contributed by atoms with Crippen LogP contribution >= 0.6 is 0 Å². The highest BCUT2D eigenvalue weighted by atomic mass is 32.2. The van der Waals surface area contributed by atoms with E-state index in [0.717, 1.165) is 30.9 Å². The molecule has 23 heavy (non-hydrogen) atoms. The number of rotatable bonds is 3. The monoisotopic (exact) mass is 340 g/mol. The molecule has 1 aromatic heterocycles. The van der Waals surface area contributed by atoms with Gasteiger partial charge in [0, 0.05) is 37.9 Å². The van der Waals surface area contributed by atoms with Crippen molar-refractivity contribution in [1.29, 1.82) is 0 Å². The van der Waals surface area contributed by atoms with Crippen molar-refractivity contribution in [2.75, 3.05) is 37.7 Å². The molecule has 8 heteroatoms. The normalized spacial score (nSPS) is 25.0. The molecule has 0 aliphatic carbocycles. The summed E-state index contributed by atoms with van der Waals surface area (Å²) in [5, 5.41) is 4.33. The standard InChI is InChI=1S/C15H24N4O3S/c1-12-9-13(2)19(16-12)10-15(20)18-6-4-17(5-7-18)14-3-8-23(21,22)11-14/h9,14H,3-8,10-11H2,1-2H3/t14-/m0/s1. The molecule has 2 aliphatic rings. The fourth-order valence-electron chi connectivity index (χ4n) is 3.46. The van der Waals surface area contributed by atoms with E-state index in [1.54, 1.807) is 4.68 Å². The third-order valence-corrected chi connectivity index (χ3v) is 6.53. The third kappa shape index (κ3) is 3.74. The number of amides is 1. The first-order valence-electron chi connectivity index (χ1n) is 8.07. The number of sulfone groups is 1. The van der Waals surface area contributed by atoms with Gasteiger partial charge in [-0.3, -0.25) is 14.4 Å². The summed E-state index contributed by atoms with van der Waals surface area (Å²) < 4.78 is 24.9. The molecule has 0 spiro atoms. The van der Waals surface area contributed by atoms with E-state index in [1.165, 1.54) is 0 Å². The van der Waals surface area contributed by atoms with Crippen LogP contribution in [0.4, 0.5) is 0 Å². The van der Waals surface area contributed by atoms with Gasteiger partial charge in [0.15, 0.2) is 9.84 Å². The lowest BCUT2D eigenvalue weighted by Gasteiger charge is -2.37. The van der Waals surface area contributed by atoms with Gasteiger partial charge in [-0.2, -0.15) is 5.10 Å². The topological polar surface area (TPSA) is 75.5 Å². The molecule has 3 rings (SSSR count). The van der Waals surface area contributed by atoms with Crippen LogP contribution in [0.1, 0.15) is 17.8 Å². The Labute approximate surface area is 137 Å². The van der Waals surface area contributed by atoms with Crippen LogP contribution in [-0.2, 0) is 21.2 Å². The van der Waals surface area contributed by atoms with E-state index in [9.17, 15) is 13.2 Å². The van der Waals surface area contributed by atoms with Crippen LogP contribution in [-0.4, -0.2) is 77.6 Å². The smallest absolute Gasteiger partial charge is 0.244 e. The van der Waals surface area contributed by atoms with Crippen molar-refractivity contribution in [2.45, 2.75) is 32.9 Å². The molecule has 2 fully saturated rings. The minimum Gasteiger partial charge on any atom is -0.339 e. The lowest BCUT2D eigenvalue weighted by molar-refractivity contribution is -0.134. The number of piperazine rings is 1. The van der Waals surface area contributed by atoms with E-state index >= 15 is 0 Å². The lowest BCUT2D eigenvalue weighted by atomic mass is 10.2. The van der Waals surface area contributed by atoms with Gasteiger partial charge in [-0.25, -0.2) is 8.42 Å². The Morgan fingerprint density at radius 3 is 2.48 bits per heavy atom. The molecule has 0 unspecified atom stereocenters. The zero-order valence-corrected chi connectivity index (χ0v) is 14.5. The summed E-state index contributed by atoms with van der Waals surface area (Å²) in [5.74, 6) is 0.649. The van der Waals surface area contributed by atoms with Crippen LogP contribution < -0.4 is 0 Å². The van der Waals surface area contributed by atoms with Gasteiger partial charge in [-0.1, -0.05) is 0 Å². The van der Waals surface area contributed by atoms with Crippen molar-refractivity contribution >= 4 is 15.7 Å². The SMILES string of the molecule is Cc1cc(C)n(CC(=O)N2CCN([C@H]3CCS(=O)(=O)C3)CC2)n1. The third-order valence-electron chi connectivity index (χ3n) is 4.78. The van der Waals surface area contributed by atoms with Crippen molar-refractivity contribution in [3.8, 4) is 0 Å². The molecule has 0 bridgehead atoms. The number of hydrogen-bond acceptors (Lipinski definition) is 5. The Morgan fingerprint density at radius 2 is 1.96 bits per heavy atom. The van der Waals surface area contributed by atoms with Gasteiger partial charge in [-0.05, 0) is 26.3 Å². The lowest BCUT2D eigenvalue weighted by Crippen LogP contribution is -2.52. The average molecular weight is 340 g/mol. The predicted molar refractivity (Wildman–Crippen MR) is 86.9 cm³/mol. The molecular formula is C15H24N4O3S. The first-order valence-corrected chi connectivity index (χ1v) is 9.89. The Hall–Kier alpha value is -1.41. The zero-order valence-electron chi connectivity index (χ0n) is 13.7. The summed E-state index contributed by atoms with van der Waals surface area (Å²) in [6, 6.07) is 2.10. The maximum atomic E-state index is 12.4. The number of hydrogen-bond donors (Lipinski definition) is 0. The average Bonchev–Trinajstić information content (AvgIpc) is 3.01. The van der Waals surface area contributed by atoms with Gasteiger partial charge in [-0.15, -0.1) is 0 Å². The molecule has 2 saturated heterocycles. The molecule has 1 atom stereocenters. The quantitative estimate of drug-likeness (QED) is 0.764. The molecule has 128 valence electrons. The summed E-state index contributed by atoms with van der Waals surface area (Å²) in [5.41, 5.74) is 1.91. The fourth-order valence-corrected chi connectivity index (χ4v) is 5.22. The molecule has 0 N–H and O–H groups in total. The molecule has 7 nitrogen and oxygen atoms in total. The van der Waals surface area contributed by atoms with Crippen LogP contribution in [0.25, 0.3) is 0 Å². The van der Waals surface area contributed by atoms with E-state index in [1.807, 2.05) is 24.8 Å². The molecule has 3 heterocycles. The van der Waals surface area contributed by atoms with Gasteiger partial charge >= 0.3 is 0 Å². The van der Waals surface area contributed by atoms with Crippen LogP contribution in [0.15, 0.2) is 6.07 Å². The minimum atomic E-state index is -2.85. The van der Waals surface area contributed by atoms with Crippen molar-refractivity contribution in [3.63, 3.8) is 0 Å². The first-order chi connectivity index (χ1) is 10.8. The van der Waals surface area contributed by atoms with Crippen LogP contribution in [0, 0.1) is 13.8 Å². The molecule has 0 aromatic carbocycles. The number of aromatic nitrogens is 2. The largest absolute Gasteiger partial charge is 0.339 e. The van der Waals surface area contributed by atoms with Gasteiger partial charge in [0.05, 0.1) is 17.2 Å². The number of aryl methyl sites for hydroxylation is 2. The van der Waals surface area contributed by atoms with E-state index in [2.05, 4.69) is 10.00 Å². The highest BCUT2D eigenvalue weighted by molar-refractivity contribution is 7.91. The molecule has 0 saturated carbocycles. The van der Waals surface area contributed by atoms with Gasteiger partial charge in [0.1, 0.15) is 6.54 Å². The summed E-state index contributed by atoms with van der Waals surface area (Å²) in [6.07, 6.45) is 0.724. The van der Waals surface area contributed by atoms with Crippen molar-refractivity contribution in [2.24, 2.45) is 0 Å². The maximum Gasteiger partial charge on any atom is 0.244 e. The number of carbonyl (C=O) groups excluding carboxylic acids is 1. The summed E-state index contributed by atoms with van der Waals surface area (Å²) in [4.78, 5) is 16.5. The number of nitrogens with zero attached hydrogens (tertiary/aromatic N) is 4. The maximum absolute atomic E-state index is 12.4. The van der Waals surface area contributed by atoms with Crippen molar-refractivity contribution in [3.05, 3.63) is 17.5 Å². The molecule has 1 aromatic rings. The van der Waals surface area contributed by atoms with E-state index < -0.39 is 9.84 Å². The van der Waals surface area contributed by atoms with Gasteiger partial charge in [0.25, 0.3) is 0 Å². The second-order valence-electron chi connectivity index (χ2n) is 6.56. The van der Waals surface area contributed by atoms with E-state index in [-0.39, 0.29) is 24.2 Å². The Bertz CT molecular complexity index is 690. The molecular weight excluding hydrogens is 316 g/mol. The number of carbonyl (C=O) groups is 1. The zero-order chi connectivity index (χ0) is 16.6. The Kier molecular flexibility index (Phi) is 4.46. The molecule has 1 amide bonds. The second kappa shape index (κ2) is 6.24. The van der Waals surface area contributed by atoms with Crippen LogP contribution in [0.2, 0.25) is 0 Å². The van der Waals surface area contributed by atoms with Crippen molar-refractivity contribution in [1.82, 2.24) is 19.6 Å². The first kappa shape index (κ1) is 16.4. The predicted octanol–water partition coefficient (Wildman–Crippen LogP) is -0.169.